The van der Waals surface area contributed by atoms with Gasteiger partial charge in [0.25, 0.3) is 0 Å². The van der Waals surface area contributed by atoms with Gasteiger partial charge in [0.15, 0.2) is 6.10 Å². The largest absolute Gasteiger partial charge is 0.453 e. The zero-order valence-electron chi connectivity index (χ0n) is 10.4. The number of benzene rings is 2. The highest BCUT2D eigenvalue weighted by atomic mass is 16.5. The molecule has 1 atom stereocenters. The van der Waals surface area contributed by atoms with Gasteiger partial charge < -0.3 is 4.74 Å². The lowest BCUT2D eigenvalue weighted by molar-refractivity contribution is -0.144. The van der Waals surface area contributed by atoms with Crippen molar-refractivity contribution >= 4 is 5.97 Å². The highest BCUT2D eigenvalue weighted by Crippen LogP contribution is 2.46. The van der Waals surface area contributed by atoms with Gasteiger partial charge in [0.1, 0.15) is 0 Å². The van der Waals surface area contributed by atoms with Crippen molar-refractivity contribution in [2.45, 2.75) is 20.0 Å². The molecule has 0 spiro atoms. The zero-order valence-corrected chi connectivity index (χ0v) is 10.4. The van der Waals surface area contributed by atoms with Crippen LogP contribution in [0.15, 0.2) is 42.5 Å². The Morgan fingerprint density at radius 1 is 1.06 bits per heavy atom. The van der Waals surface area contributed by atoms with Crippen LogP contribution in [0.2, 0.25) is 0 Å². The van der Waals surface area contributed by atoms with Gasteiger partial charge in [-0.1, -0.05) is 42.5 Å². The first-order chi connectivity index (χ1) is 8.68. The third-order valence-corrected chi connectivity index (χ3v) is 3.40. The fourth-order valence-corrected chi connectivity index (χ4v) is 2.68. The summed E-state index contributed by atoms with van der Waals surface area (Å²) in [6, 6.07) is 14.3. The fourth-order valence-electron chi connectivity index (χ4n) is 2.68. The molecular formula is C16H14O2. The maximum absolute atomic E-state index is 11.3. The molecule has 1 unspecified atom stereocenters. The van der Waals surface area contributed by atoms with Crippen LogP contribution in [0.5, 0.6) is 0 Å². The van der Waals surface area contributed by atoms with Gasteiger partial charge in [-0.3, -0.25) is 4.79 Å². The molecule has 18 heavy (non-hydrogen) atoms. The summed E-state index contributed by atoms with van der Waals surface area (Å²) in [7, 11) is 0. The molecule has 1 aliphatic rings. The van der Waals surface area contributed by atoms with Crippen LogP contribution in [0.4, 0.5) is 0 Å². The summed E-state index contributed by atoms with van der Waals surface area (Å²) in [6.45, 7) is 3.51. The number of carbonyl (C=O) groups is 1. The first kappa shape index (κ1) is 11.0. The third kappa shape index (κ3) is 1.53. The molecule has 90 valence electrons. The van der Waals surface area contributed by atoms with E-state index in [1.807, 2.05) is 24.3 Å². The second-order valence-corrected chi connectivity index (χ2v) is 4.61. The third-order valence-electron chi connectivity index (χ3n) is 3.40. The van der Waals surface area contributed by atoms with E-state index in [-0.39, 0.29) is 12.1 Å². The van der Waals surface area contributed by atoms with Gasteiger partial charge in [-0.25, -0.2) is 0 Å². The van der Waals surface area contributed by atoms with E-state index < -0.39 is 0 Å². The molecular weight excluding hydrogens is 224 g/mol. The Bertz CT molecular complexity index is 629. The van der Waals surface area contributed by atoms with Crippen LogP contribution in [-0.4, -0.2) is 5.97 Å². The van der Waals surface area contributed by atoms with E-state index in [4.69, 9.17) is 4.74 Å². The molecule has 2 aromatic rings. The average molecular weight is 238 g/mol. The van der Waals surface area contributed by atoms with Crippen LogP contribution < -0.4 is 0 Å². The minimum atomic E-state index is -0.255. The van der Waals surface area contributed by atoms with Crippen molar-refractivity contribution in [3.8, 4) is 11.1 Å². The van der Waals surface area contributed by atoms with Crippen molar-refractivity contribution in [1.29, 1.82) is 0 Å². The standard InChI is InChI=1S/C16H14O2/c1-10-6-5-9-13-12-7-3-4-8-14(12)16(15(10)13)18-11(2)17/h3-9,16H,1-2H3. The highest BCUT2D eigenvalue weighted by Gasteiger charge is 2.31. The normalized spacial score (nSPS) is 16.0. The second-order valence-electron chi connectivity index (χ2n) is 4.61. The summed E-state index contributed by atoms with van der Waals surface area (Å²) >= 11 is 0. The number of rotatable bonds is 1. The van der Waals surface area contributed by atoms with Crippen LogP contribution in [0.1, 0.15) is 29.7 Å². The highest BCUT2D eigenvalue weighted by molar-refractivity contribution is 5.80. The molecule has 0 bridgehead atoms. The number of fused-ring (bicyclic) bond motifs is 3. The van der Waals surface area contributed by atoms with Crippen molar-refractivity contribution in [3.63, 3.8) is 0 Å². The van der Waals surface area contributed by atoms with Gasteiger partial charge in [-0.05, 0) is 23.6 Å². The van der Waals surface area contributed by atoms with E-state index in [0.29, 0.717) is 0 Å². The average Bonchev–Trinajstić information content (AvgIpc) is 2.66. The lowest BCUT2D eigenvalue weighted by Crippen LogP contribution is -2.08. The maximum Gasteiger partial charge on any atom is 0.303 e. The molecule has 2 nitrogen and oxygen atoms in total. The van der Waals surface area contributed by atoms with Crippen molar-refractivity contribution in [3.05, 3.63) is 59.2 Å². The molecule has 0 radical (unpaired) electrons. The van der Waals surface area contributed by atoms with E-state index in [0.717, 1.165) is 16.7 Å². The van der Waals surface area contributed by atoms with Crippen molar-refractivity contribution in [1.82, 2.24) is 0 Å². The summed E-state index contributed by atoms with van der Waals surface area (Å²) in [4.78, 5) is 11.3. The van der Waals surface area contributed by atoms with Gasteiger partial charge in [0.2, 0.25) is 0 Å². The molecule has 0 N–H and O–H groups in total. The molecule has 0 saturated carbocycles. The quantitative estimate of drug-likeness (QED) is 0.709. The Labute approximate surface area is 106 Å². The number of esters is 1. The van der Waals surface area contributed by atoms with Gasteiger partial charge >= 0.3 is 5.97 Å². The fraction of sp³-hybridized carbons (Fsp3) is 0.188. The second kappa shape index (κ2) is 3.98. The predicted molar refractivity (Wildman–Crippen MR) is 70.2 cm³/mol. The van der Waals surface area contributed by atoms with E-state index >= 15 is 0 Å². The number of aryl methyl sites for hydroxylation is 1. The van der Waals surface area contributed by atoms with Crippen LogP contribution in [0, 0.1) is 6.92 Å². The van der Waals surface area contributed by atoms with Crippen LogP contribution in [0.3, 0.4) is 0 Å². The summed E-state index contributed by atoms with van der Waals surface area (Å²) in [5.74, 6) is -0.245. The Kier molecular flexibility index (Phi) is 2.44. The predicted octanol–water partition coefficient (Wildman–Crippen LogP) is 3.63. The Balaban J connectivity index is 2.25. The summed E-state index contributed by atoms with van der Waals surface area (Å²) in [5.41, 5.74) is 5.71. The number of ether oxygens (including phenoxy) is 1. The molecule has 0 heterocycles. The molecule has 0 aromatic heterocycles. The van der Waals surface area contributed by atoms with Gasteiger partial charge in [-0.2, -0.15) is 0 Å². The van der Waals surface area contributed by atoms with E-state index in [1.54, 1.807) is 0 Å². The van der Waals surface area contributed by atoms with Crippen molar-refractivity contribution < 1.29 is 9.53 Å². The molecule has 0 amide bonds. The van der Waals surface area contributed by atoms with Crippen molar-refractivity contribution in [2.24, 2.45) is 0 Å². The van der Waals surface area contributed by atoms with Gasteiger partial charge in [-0.15, -0.1) is 0 Å². The molecule has 2 heteroatoms. The lowest BCUT2D eigenvalue weighted by Gasteiger charge is -2.15. The zero-order chi connectivity index (χ0) is 12.7. The van der Waals surface area contributed by atoms with Gasteiger partial charge in [0.05, 0.1) is 0 Å². The van der Waals surface area contributed by atoms with Crippen LogP contribution in [-0.2, 0) is 9.53 Å². The molecule has 0 saturated heterocycles. The monoisotopic (exact) mass is 238 g/mol. The maximum atomic E-state index is 11.3. The first-order valence-electron chi connectivity index (χ1n) is 6.04. The molecule has 1 aliphatic carbocycles. The molecule has 0 aliphatic heterocycles. The minimum Gasteiger partial charge on any atom is -0.453 e. The summed E-state index contributed by atoms with van der Waals surface area (Å²) in [6.07, 6.45) is -0.255. The van der Waals surface area contributed by atoms with Crippen molar-refractivity contribution in [2.75, 3.05) is 0 Å². The van der Waals surface area contributed by atoms with E-state index in [1.165, 1.54) is 18.1 Å². The molecule has 0 fully saturated rings. The Hall–Kier alpha value is -2.09. The van der Waals surface area contributed by atoms with E-state index in [2.05, 4.69) is 25.1 Å². The molecule has 3 rings (SSSR count). The first-order valence-corrected chi connectivity index (χ1v) is 6.04. The van der Waals surface area contributed by atoms with Crippen LogP contribution in [0.25, 0.3) is 11.1 Å². The molecule has 2 aromatic carbocycles. The topological polar surface area (TPSA) is 26.3 Å². The minimum absolute atomic E-state index is 0.245. The summed E-state index contributed by atoms with van der Waals surface area (Å²) in [5, 5.41) is 0. The Morgan fingerprint density at radius 2 is 1.78 bits per heavy atom. The number of carbonyl (C=O) groups excluding carboxylic acids is 1. The Morgan fingerprint density at radius 3 is 2.56 bits per heavy atom. The SMILES string of the molecule is CC(=O)OC1c2ccccc2-c2cccc(C)c21. The number of hydrogen-bond donors (Lipinski definition) is 0. The van der Waals surface area contributed by atoms with Gasteiger partial charge in [0, 0.05) is 18.1 Å². The van der Waals surface area contributed by atoms with Crippen LogP contribution >= 0.6 is 0 Å². The number of hydrogen-bond acceptors (Lipinski definition) is 2. The van der Waals surface area contributed by atoms with E-state index in [9.17, 15) is 4.79 Å². The smallest absolute Gasteiger partial charge is 0.303 e. The summed E-state index contributed by atoms with van der Waals surface area (Å²) < 4.78 is 5.51. The lowest BCUT2D eigenvalue weighted by atomic mass is 10.0.